The molecule has 1 saturated heterocycles. The number of aromatic nitrogens is 1. The molecule has 1 aliphatic rings. The molecule has 0 aliphatic carbocycles. The number of carbonyl (C=O) groups excluding carboxylic acids is 2. The summed E-state index contributed by atoms with van der Waals surface area (Å²) in [7, 11) is 0. The molecule has 1 fully saturated rings. The second-order valence-corrected chi connectivity index (χ2v) is 6.31. The zero-order chi connectivity index (χ0) is 19.5. The van der Waals surface area contributed by atoms with Crippen molar-refractivity contribution in [1.29, 1.82) is 0 Å². The molecule has 8 nitrogen and oxygen atoms in total. The fourth-order valence-corrected chi connectivity index (χ4v) is 2.83. The van der Waals surface area contributed by atoms with Gasteiger partial charge < -0.3 is 18.4 Å². The van der Waals surface area contributed by atoms with E-state index in [1.807, 2.05) is 31.2 Å². The third-order valence-electron chi connectivity index (χ3n) is 4.27. The third kappa shape index (κ3) is 3.90. The van der Waals surface area contributed by atoms with Gasteiger partial charge in [0, 0.05) is 6.42 Å². The van der Waals surface area contributed by atoms with E-state index in [2.05, 4.69) is 4.98 Å². The van der Waals surface area contributed by atoms with Crippen molar-refractivity contribution in [3.05, 3.63) is 59.7 Å². The smallest absolute Gasteiger partial charge is 0.342 e. The lowest BCUT2D eigenvalue weighted by atomic mass is 10.2. The van der Waals surface area contributed by atoms with Gasteiger partial charge in [0.15, 0.2) is 5.76 Å². The van der Waals surface area contributed by atoms with Gasteiger partial charge in [-0.3, -0.25) is 4.79 Å². The third-order valence-corrected chi connectivity index (χ3v) is 4.27. The Bertz CT molecular complexity index is 975. The fraction of sp³-hybridized carbons (Fsp3) is 0.250. The molecule has 3 aromatic rings. The normalized spacial score (nSPS) is 13.8. The summed E-state index contributed by atoms with van der Waals surface area (Å²) in [5.74, 6) is 1.62. The Kier molecular flexibility index (Phi) is 4.84. The van der Waals surface area contributed by atoms with Gasteiger partial charge in [0.1, 0.15) is 17.9 Å². The summed E-state index contributed by atoms with van der Waals surface area (Å²) in [4.78, 5) is 32.0. The summed E-state index contributed by atoms with van der Waals surface area (Å²) in [5, 5.41) is 1.07. The van der Waals surface area contributed by atoms with E-state index >= 15 is 0 Å². The highest BCUT2D eigenvalue weighted by molar-refractivity contribution is 5.98. The molecule has 3 heterocycles. The molecule has 4 rings (SSSR count). The molecule has 0 unspecified atom stereocenters. The SMILES string of the molecule is Cc1oc(-c2ccco2)nc1CCOc1ccc(CN2OC(=O)CC2=O)cc1. The first-order valence-electron chi connectivity index (χ1n) is 8.81. The van der Waals surface area contributed by atoms with Crippen LogP contribution in [-0.2, 0) is 27.4 Å². The quantitative estimate of drug-likeness (QED) is 0.580. The topological polar surface area (TPSA) is 95.0 Å². The minimum Gasteiger partial charge on any atom is -0.493 e. The molecule has 0 bridgehead atoms. The van der Waals surface area contributed by atoms with Crippen LogP contribution in [0.5, 0.6) is 5.75 Å². The Hall–Kier alpha value is -3.55. The molecule has 2 aromatic heterocycles. The number of amides is 1. The second kappa shape index (κ2) is 7.59. The number of rotatable bonds is 7. The lowest BCUT2D eigenvalue weighted by molar-refractivity contribution is -0.180. The molecular weight excluding hydrogens is 364 g/mol. The van der Waals surface area contributed by atoms with E-state index in [1.54, 1.807) is 18.4 Å². The number of furan rings is 1. The molecule has 1 aromatic carbocycles. The second-order valence-electron chi connectivity index (χ2n) is 6.31. The number of ether oxygens (including phenoxy) is 1. The molecule has 1 amide bonds. The predicted molar refractivity (Wildman–Crippen MR) is 95.8 cm³/mol. The molecule has 1 aliphatic heterocycles. The largest absolute Gasteiger partial charge is 0.493 e. The molecule has 0 radical (unpaired) electrons. The fourth-order valence-electron chi connectivity index (χ4n) is 2.83. The van der Waals surface area contributed by atoms with Crippen LogP contribution in [0.3, 0.4) is 0 Å². The van der Waals surface area contributed by atoms with Crippen molar-refractivity contribution < 1.29 is 28.0 Å². The van der Waals surface area contributed by atoms with Crippen LogP contribution in [0.25, 0.3) is 11.7 Å². The van der Waals surface area contributed by atoms with Crippen molar-refractivity contribution in [2.45, 2.75) is 26.3 Å². The standard InChI is InChI=1S/C20H18N2O6/c1-13-16(21-20(27-13)17-3-2-9-26-17)8-10-25-15-6-4-14(5-7-15)12-22-18(23)11-19(24)28-22/h2-7,9H,8,10-12H2,1H3. The van der Waals surface area contributed by atoms with Gasteiger partial charge in [-0.05, 0) is 36.8 Å². The minimum absolute atomic E-state index is 0.204. The maximum atomic E-state index is 11.6. The van der Waals surface area contributed by atoms with Crippen LogP contribution in [0.1, 0.15) is 23.4 Å². The first-order valence-corrected chi connectivity index (χ1v) is 8.81. The minimum atomic E-state index is -0.525. The van der Waals surface area contributed by atoms with Crippen LogP contribution >= 0.6 is 0 Å². The highest BCUT2D eigenvalue weighted by Gasteiger charge is 2.29. The van der Waals surface area contributed by atoms with Crippen LogP contribution in [0.15, 0.2) is 51.5 Å². The van der Waals surface area contributed by atoms with Crippen molar-refractivity contribution in [2.75, 3.05) is 6.61 Å². The van der Waals surface area contributed by atoms with E-state index in [0.29, 0.717) is 30.4 Å². The number of carbonyl (C=O) groups is 2. The Morgan fingerprint density at radius 1 is 1.18 bits per heavy atom. The monoisotopic (exact) mass is 382 g/mol. The van der Waals surface area contributed by atoms with Crippen molar-refractivity contribution in [3.8, 4) is 17.4 Å². The average Bonchev–Trinajstić information content (AvgIpc) is 3.39. The lowest BCUT2D eigenvalue weighted by Crippen LogP contribution is -2.22. The zero-order valence-corrected chi connectivity index (χ0v) is 15.2. The van der Waals surface area contributed by atoms with E-state index < -0.39 is 5.97 Å². The summed E-state index contributed by atoms with van der Waals surface area (Å²) < 4.78 is 16.7. The van der Waals surface area contributed by atoms with Gasteiger partial charge in [-0.2, -0.15) is 5.06 Å². The molecule has 0 saturated carbocycles. The number of aryl methyl sites for hydroxylation is 1. The maximum absolute atomic E-state index is 11.6. The molecule has 144 valence electrons. The molecule has 0 atom stereocenters. The molecule has 0 N–H and O–H groups in total. The molecular formula is C20H18N2O6. The van der Waals surface area contributed by atoms with Gasteiger partial charge in [0.2, 0.25) is 0 Å². The van der Waals surface area contributed by atoms with E-state index in [-0.39, 0.29) is 18.9 Å². The number of benzene rings is 1. The first-order chi connectivity index (χ1) is 13.6. The predicted octanol–water partition coefficient (Wildman–Crippen LogP) is 3.06. The highest BCUT2D eigenvalue weighted by Crippen LogP contribution is 2.23. The molecule has 0 spiro atoms. The first kappa shape index (κ1) is 17.8. The Morgan fingerprint density at radius 2 is 2.00 bits per heavy atom. The van der Waals surface area contributed by atoms with Crippen LogP contribution in [0.4, 0.5) is 0 Å². The molecule has 8 heteroatoms. The van der Waals surface area contributed by atoms with Gasteiger partial charge in [-0.25, -0.2) is 9.78 Å². The maximum Gasteiger partial charge on any atom is 0.342 e. The zero-order valence-electron chi connectivity index (χ0n) is 15.2. The number of hydrogen-bond acceptors (Lipinski definition) is 7. The number of hydroxylamine groups is 2. The van der Waals surface area contributed by atoms with Crippen molar-refractivity contribution in [2.24, 2.45) is 0 Å². The lowest BCUT2D eigenvalue weighted by Gasteiger charge is -2.13. The van der Waals surface area contributed by atoms with Crippen molar-refractivity contribution in [3.63, 3.8) is 0 Å². The summed E-state index contributed by atoms with van der Waals surface area (Å²) in [6.45, 7) is 2.51. The summed E-state index contributed by atoms with van der Waals surface area (Å²) in [6, 6.07) is 10.8. The van der Waals surface area contributed by atoms with Gasteiger partial charge in [-0.15, -0.1) is 0 Å². The van der Waals surface area contributed by atoms with Crippen LogP contribution in [0.2, 0.25) is 0 Å². The van der Waals surface area contributed by atoms with E-state index in [1.165, 1.54) is 0 Å². The average molecular weight is 382 g/mol. The number of nitrogens with zero attached hydrogens (tertiary/aromatic N) is 2. The van der Waals surface area contributed by atoms with Gasteiger partial charge in [-0.1, -0.05) is 12.1 Å². The van der Waals surface area contributed by atoms with E-state index in [9.17, 15) is 9.59 Å². The van der Waals surface area contributed by atoms with E-state index in [4.69, 9.17) is 18.4 Å². The van der Waals surface area contributed by atoms with E-state index in [0.717, 1.165) is 22.1 Å². The van der Waals surface area contributed by atoms with Gasteiger partial charge in [0.25, 0.3) is 11.8 Å². The molecule has 28 heavy (non-hydrogen) atoms. The number of oxazole rings is 1. The van der Waals surface area contributed by atoms with Gasteiger partial charge in [0.05, 0.1) is 25.1 Å². The Balaban J connectivity index is 1.30. The Morgan fingerprint density at radius 3 is 2.68 bits per heavy atom. The summed E-state index contributed by atoms with van der Waals surface area (Å²) >= 11 is 0. The van der Waals surface area contributed by atoms with Crippen LogP contribution in [-0.4, -0.2) is 28.5 Å². The summed E-state index contributed by atoms with van der Waals surface area (Å²) in [6.07, 6.45) is 1.96. The van der Waals surface area contributed by atoms with Crippen LogP contribution < -0.4 is 4.74 Å². The van der Waals surface area contributed by atoms with Crippen molar-refractivity contribution in [1.82, 2.24) is 10.0 Å². The number of hydrogen-bond donors (Lipinski definition) is 0. The Labute approximate surface area is 160 Å². The van der Waals surface area contributed by atoms with Crippen molar-refractivity contribution >= 4 is 11.9 Å². The highest BCUT2D eigenvalue weighted by atomic mass is 16.7. The van der Waals surface area contributed by atoms with Gasteiger partial charge >= 0.3 is 5.97 Å². The van der Waals surface area contributed by atoms with Crippen LogP contribution in [0, 0.1) is 6.92 Å². The summed E-state index contributed by atoms with van der Waals surface area (Å²) in [5.41, 5.74) is 1.66.